The molecule has 3 rings (SSSR count). The highest BCUT2D eigenvalue weighted by Crippen LogP contribution is 2.28. The van der Waals surface area contributed by atoms with Crippen molar-refractivity contribution in [3.8, 4) is 5.75 Å². The Morgan fingerprint density at radius 2 is 1.62 bits per heavy atom. The predicted octanol–water partition coefficient (Wildman–Crippen LogP) is 3.33. The maximum Gasteiger partial charge on any atom is 0.335 e. The van der Waals surface area contributed by atoms with E-state index in [4.69, 9.17) is 9.84 Å². The van der Waals surface area contributed by atoms with Crippen LogP contribution >= 0.6 is 0 Å². The Bertz CT molecular complexity index is 1320. The molecule has 0 heterocycles. The van der Waals surface area contributed by atoms with Gasteiger partial charge in [0.1, 0.15) is 10.6 Å². The monoisotopic (exact) mass is 456 g/mol. The van der Waals surface area contributed by atoms with Crippen molar-refractivity contribution in [1.82, 2.24) is 0 Å². The van der Waals surface area contributed by atoms with Crippen molar-refractivity contribution in [1.29, 1.82) is 0 Å². The molecule has 0 bridgehead atoms. The van der Waals surface area contributed by atoms with Gasteiger partial charge in [0, 0.05) is 28.9 Å². The number of ketones is 1. The van der Waals surface area contributed by atoms with Crippen LogP contribution in [-0.2, 0) is 10.0 Å². The Morgan fingerprint density at radius 3 is 2.22 bits per heavy atom. The zero-order chi connectivity index (χ0) is 23.5. The van der Waals surface area contributed by atoms with E-state index in [1.165, 1.54) is 61.7 Å². The molecule has 0 spiro atoms. The summed E-state index contributed by atoms with van der Waals surface area (Å²) in [5.41, 5.74) is -0.142. The van der Waals surface area contributed by atoms with E-state index in [9.17, 15) is 28.1 Å². The minimum absolute atomic E-state index is 0.0130. The number of nitrogens with zero attached hydrogens (tertiary/aromatic N) is 1. The number of nitro groups is 1. The summed E-state index contributed by atoms with van der Waals surface area (Å²) in [6, 6.07) is 13.9. The molecule has 0 atom stereocenters. The minimum atomic E-state index is -4.26. The average molecular weight is 456 g/mol. The second-order valence-electron chi connectivity index (χ2n) is 6.49. The van der Waals surface area contributed by atoms with Gasteiger partial charge in [-0.3, -0.25) is 19.6 Å². The molecule has 0 aliphatic heterocycles. The highest BCUT2D eigenvalue weighted by Gasteiger charge is 2.23. The topological polar surface area (TPSA) is 153 Å². The normalized spacial score (nSPS) is 10.9. The van der Waals surface area contributed by atoms with Gasteiger partial charge in [-0.2, -0.15) is 0 Å². The second-order valence-corrected chi connectivity index (χ2v) is 8.14. The molecule has 0 saturated carbocycles. The molecule has 0 unspecified atom stereocenters. The first kappa shape index (κ1) is 22.4. The van der Waals surface area contributed by atoms with Crippen molar-refractivity contribution in [2.24, 2.45) is 0 Å². The molecule has 0 amide bonds. The quantitative estimate of drug-likeness (QED) is 0.297. The molecule has 2 N–H and O–H groups in total. The number of nitro benzene ring substituents is 1. The maximum absolute atomic E-state index is 13.0. The number of anilines is 1. The van der Waals surface area contributed by atoms with Gasteiger partial charge in [-0.15, -0.1) is 0 Å². The first-order valence-electron chi connectivity index (χ1n) is 8.96. The van der Waals surface area contributed by atoms with Crippen molar-refractivity contribution >= 4 is 33.2 Å². The van der Waals surface area contributed by atoms with Crippen molar-refractivity contribution in [2.75, 3.05) is 11.8 Å². The van der Waals surface area contributed by atoms with E-state index in [1.54, 1.807) is 0 Å². The van der Waals surface area contributed by atoms with Gasteiger partial charge in [0.05, 0.1) is 17.6 Å². The Morgan fingerprint density at radius 1 is 0.969 bits per heavy atom. The Hall–Kier alpha value is -4.25. The minimum Gasteiger partial charge on any atom is -0.495 e. The van der Waals surface area contributed by atoms with E-state index in [-0.39, 0.29) is 38.7 Å². The number of sulfonamides is 1. The lowest BCUT2D eigenvalue weighted by Gasteiger charge is -2.13. The lowest BCUT2D eigenvalue weighted by atomic mass is 10.0. The highest BCUT2D eigenvalue weighted by molar-refractivity contribution is 7.92. The molecule has 10 nitrogen and oxygen atoms in total. The largest absolute Gasteiger partial charge is 0.495 e. The van der Waals surface area contributed by atoms with Crippen LogP contribution in [0.25, 0.3) is 0 Å². The van der Waals surface area contributed by atoms with E-state index in [0.29, 0.717) is 0 Å². The number of non-ortho nitro benzene ring substituents is 1. The van der Waals surface area contributed by atoms with Gasteiger partial charge < -0.3 is 9.84 Å². The van der Waals surface area contributed by atoms with Crippen LogP contribution in [0.5, 0.6) is 5.75 Å². The third kappa shape index (κ3) is 4.73. The number of rotatable bonds is 8. The summed E-state index contributed by atoms with van der Waals surface area (Å²) in [7, 11) is -3.00. The van der Waals surface area contributed by atoms with Crippen LogP contribution < -0.4 is 9.46 Å². The molecule has 164 valence electrons. The summed E-state index contributed by atoms with van der Waals surface area (Å²) < 4.78 is 33.3. The van der Waals surface area contributed by atoms with Gasteiger partial charge >= 0.3 is 5.97 Å². The standard InChI is InChI=1S/C21H16N2O8S/c1-31-18-10-7-14(20(24)13-5-8-17(9-6-13)23(27)28)12-19(18)32(29,30)22-16-4-2-3-15(11-16)21(25)26/h2-12,22H,1H3,(H,25,26). The molecule has 32 heavy (non-hydrogen) atoms. The third-order valence-electron chi connectivity index (χ3n) is 4.42. The summed E-state index contributed by atoms with van der Waals surface area (Å²) in [4.78, 5) is 33.8. The van der Waals surface area contributed by atoms with Crippen LogP contribution in [0.4, 0.5) is 11.4 Å². The SMILES string of the molecule is COc1ccc(C(=O)c2ccc([N+](=O)[O-])cc2)cc1S(=O)(=O)Nc1cccc(C(=O)O)c1. The molecule has 0 aliphatic carbocycles. The highest BCUT2D eigenvalue weighted by atomic mass is 32.2. The number of carbonyl (C=O) groups excluding carboxylic acids is 1. The first-order chi connectivity index (χ1) is 15.1. The molecule has 0 saturated heterocycles. The number of hydrogen-bond donors (Lipinski definition) is 2. The molecule has 0 radical (unpaired) electrons. The van der Waals surface area contributed by atoms with Gasteiger partial charge in [0.2, 0.25) is 0 Å². The molecular formula is C21H16N2O8S. The van der Waals surface area contributed by atoms with Crippen molar-refractivity contribution in [3.05, 3.63) is 93.5 Å². The van der Waals surface area contributed by atoms with E-state index >= 15 is 0 Å². The number of carboxylic acids is 1. The van der Waals surface area contributed by atoms with Crippen LogP contribution in [0, 0.1) is 10.1 Å². The van der Waals surface area contributed by atoms with E-state index in [0.717, 1.165) is 12.1 Å². The number of carbonyl (C=O) groups is 2. The fourth-order valence-electron chi connectivity index (χ4n) is 2.85. The smallest absolute Gasteiger partial charge is 0.335 e. The molecule has 3 aromatic rings. The van der Waals surface area contributed by atoms with Crippen LogP contribution in [-0.4, -0.2) is 37.3 Å². The van der Waals surface area contributed by atoms with Gasteiger partial charge in [0.15, 0.2) is 5.78 Å². The van der Waals surface area contributed by atoms with Gasteiger partial charge in [-0.05, 0) is 48.5 Å². The number of methoxy groups -OCH3 is 1. The number of ether oxygens (including phenoxy) is 1. The number of carboxylic acid groups (broad SMARTS) is 1. The van der Waals surface area contributed by atoms with E-state index < -0.39 is 26.7 Å². The third-order valence-corrected chi connectivity index (χ3v) is 5.82. The molecule has 3 aromatic carbocycles. The molecule has 0 aliphatic rings. The number of benzene rings is 3. The maximum atomic E-state index is 13.0. The van der Waals surface area contributed by atoms with Crippen LogP contribution in [0.15, 0.2) is 71.6 Å². The van der Waals surface area contributed by atoms with E-state index in [2.05, 4.69) is 4.72 Å². The van der Waals surface area contributed by atoms with Gasteiger partial charge in [-0.25, -0.2) is 13.2 Å². The average Bonchev–Trinajstić information content (AvgIpc) is 2.78. The van der Waals surface area contributed by atoms with Crippen molar-refractivity contribution < 1.29 is 32.8 Å². The lowest BCUT2D eigenvalue weighted by molar-refractivity contribution is -0.384. The number of aromatic carboxylic acids is 1. The van der Waals surface area contributed by atoms with E-state index in [1.807, 2.05) is 0 Å². The molecule has 11 heteroatoms. The Balaban J connectivity index is 1.98. The summed E-state index contributed by atoms with van der Waals surface area (Å²) in [6.07, 6.45) is 0. The Kier molecular flexibility index (Phi) is 6.21. The zero-order valence-corrected chi connectivity index (χ0v) is 17.3. The second kappa shape index (κ2) is 8.86. The summed E-state index contributed by atoms with van der Waals surface area (Å²) >= 11 is 0. The summed E-state index contributed by atoms with van der Waals surface area (Å²) in [6.45, 7) is 0. The first-order valence-corrected chi connectivity index (χ1v) is 10.4. The van der Waals surface area contributed by atoms with Crippen LogP contribution in [0.3, 0.4) is 0 Å². The fraction of sp³-hybridized carbons (Fsp3) is 0.0476. The summed E-state index contributed by atoms with van der Waals surface area (Å²) in [5, 5.41) is 19.9. The van der Waals surface area contributed by atoms with Crippen LogP contribution in [0.2, 0.25) is 0 Å². The Labute approximate surface area is 182 Å². The van der Waals surface area contributed by atoms with Gasteiger partial charge in [0.25, 0.3) is 15.7 Å². The van der Waals surface area contributed by atoms with Crippen molar-refractivity contribution in [2.45, 2.75) is 4.90 Å². The number of hydrogen-bond acceptors (Lipinski definition) is 7. The summed E-state index contributed by atoms with van der Waals surface area (Å²) in [5.74, 6) is -1.81. The zero-order valence-electron chi connectivity index (χ0n) is 16.5. The van der Waals surface area contributed by atoms with Crippen molar-refractivity contribution in [3.63, 3.8) is 0 Å². The molecule has 0 fully saturated rings. The van der Waals surface area contributed by atoms with Gasteiger partial charge in [-0.1, -0.05) is 6.07 Å². The molecule has 0 aromatic heterocycles. The predicted molar refractivity (Wildman–Crippen MR) is 114 cm³/mol. The fourth-order valence-corrected chi connectivity index (χ4v) is 4.10. The van der Waals surface area contributed by atoms with Crippen LogP contribution in [0.1, 0.15) is 26.3 Å². The number of nitrogens with one attached hydrogen (secondary N) is 1. The molecular weight excluding hydrogens is 440 g/mol. The lowest BCUT2D eigenvalue weighted by Crippen LogP contribution is -2.15.